The normalized spacial score (nSPS) is 12.2. The molecule has 1 heterocycles. The third-order valence-electron chi connectivity index (χ3n) is 3.43. The average Bonchev–Trinajstić information content (AvgIpc) is 2.86. The molecule has 1 aromatic carbocycles. The van der Waals surface area contributed by atoms with Crippen LogP contribution in [0.15, 0.2) is 36.5 Å². The van der Waals surface area contributed by atoms with E-state index in [-0.39, 0.29) is 11.9 Å². The van der Waals surface area contributed by atoms with Crippen LogP contribution in [0.25, 0.3) is 0 Å². The first kappa shape index (κ1) is 14.3. The predicted octanol–water partition coefficient (Wildman–Crippen LogP) is 3.09. The van der Waals surface area contributed by atoms with Gasteiger partial charge in [0, 0.05) is 12.7 Å². The van der Waals surface area contributed by atoms with Gasteiger partial charge in [0.05, 0.1) is 17.3 Å². The molecule has 2 rings (SSSR count). The number of amides is 1. The van der Waals surface area contributed by atoms with Crippen LogP contribution in [0.4, 0.5) is 0 Å². The van der Waals surface area contributed by atoms with Crippen LogP contribution in [-0.4, -0.2) is 15.7 Å². The number of aryl methyl sites for hydroxylation is 2. The van der Waals surface area contributed by atoms with E-state index in [1.807, 2.05) is 50.4 Å². The monoisotopic (exact) mass is 271 g/mol. The molecule has 0 bridgehead atoms. The van der Waals surface area contributed by atoms with E-state index in [1.54, 1.807) is 4.68 Å². The molecule has 1 amide bonds. The molecule has 0 aliphatic carbocycles. The molecule has 0 fully saturated rings. The molecule has 1 aromatic heterocycles. The van der Waals surface area contributed by atoms with Gasteiger partial charge >= 0.3 is 0 Å². The van der Waals surface area contributed by atoms with E-state index in [0.717, 1.165) is 24.2 Å². The van der Waals surface area contributed by atoms with Crippen molar-refractivity contribution in [2.75, 3.05) is 0 Å². The Morgan fingerprint density at radius 3 is 2.55 bits per heavy atom. The maximum Gasteiger partial charge on any atom is 0.255 e. The Morgan fingerprint density at radius 2 is 2.00 bits per heavy atom. The number of benzene rings is 1. The third-order valence-corrected chi connectivity index (χ3v) is 3.43. The summed E-state index contributed by atoms with van der Waals surface area (Å²) in [7, 11) is 0. The van der Waals surface area contributed by atoms with Gasteiger partial charge in [-0.1, -0.05) is 37.3 Å². The smallest absolute Gasteiger partial charge is 0.255 e. The van der Waals surface area contributed by atoms with Crippen LogP contribution >= 0.6 is 0 Å². The fourth-order valence-electron chi connectivity index (χ4n) is 2.25. The minimum absolute atomic E-state index is 0.0353. The highest BCUT2D eigenvalue weighted by molar-refractivity contribution is 5.95. The maximum atomic E-state index is 12.4. The lowest BCUT2D eigenvalue weighted by Crippen LogP contribution is -2.28. The number of carbonyl (C=O) groups is 1. The van der Waals surface area contributed by atoms with Crippen LogP contribution in [0.5, 0.6) is 0 Å². The van der Waals surface area contributed by atoms with Crippen molar-refractivity contribution in [1.29, 1.82) is 0 Å². The summed E-state index contributed by atoms with van der Waals surface area (Å²) >= 11 is 0. The maximum absolute atomic E-state index is 12.4. The molecule has 4 heteroatoms. The summed E-state index contributed by atoms with van der Waals surface area (Å²) in [5, 5.41) is 7.40. The van der Waals surface area contributed by atoms with Crippen LogP contribution in [0.2, 0.25) is 0 Å². The first-order valence-corrected chi connectivity index (χ1v) is 7.05. The second-order valence-electron chi connectivity index (χ2n) is 4.83. The molecular formula is C16H21N3O. The van der Waals surface area contributed by atoms with E-state index in [4.69, 9.17) is 0 Å². The first-order chi connectivity index (χ1) is 9.65. The molecule has 0 spiro atoms. The van der Waals surface area contributed by atoms with Crippen molar-refractivity contribution in [1.82, 2.24) is 15.1 Å². The average molecular weight is 271 g/mol. The van der Waals surface area contributed by atoms with Crippen molar-refractivity contribution in [2.24, 2.45) is 0 Å². The van der Waals surface area contributed by atoms with Gasteiger partial charge in [-0.25, -0.2) is 0 Å². The highest BCUT2D eigenvalue weighted by Crippen LogP contribution is 2.17. The Balaban J connectivity index is 2.15. The number of nitrogens with one attached hydrogen (secondary N) is 1. The van der Waals surface area contributed by atoms with Gasteiger partial charge in [0.1, 0.15) is 0 Å². The largest absolute Gasteiger partial charge is 0.345 e. The van der Waals surface area contributed by atoms with Crippen LogP contribution < -0.4 is 5.32 Å². The van der Waals surface area contributed by atoms with Crippen LogP contribution in [0.3, 0.4) is 0 Å². The Bertz CT molecular complexity index is 575. The summed E-state index contributed by atoms with van der Waals surface area (Å²) in [6.45, 7) is 6.71. The first-order valence-electron chi connectivity index (χ1n) is 7.05. The topological polar surface area (TPSA) is 46.9 Å². The number of aromatic nitrogens is 2. The second kappa shape index (κ2) is 6.37. The van der Waals surface area contributed by atoms with E-state index in [1.165, 1.54) is 0 Å². The van der Waals surface area contributed by atoms with Gasteiger partial charge in [-0.3, -0.25) is 9.48 Å². The molecule has 0 radical (unpaired) electrons. The van der Waals surface area contributed by atoms with E-state index in [2.05, 4.69) is 17.3 Å². The van der Waals surface area contributed by atoms with Crippen molar-refractivity contribution < 1.29 is 4.79 Å². The van der Waals surface area contributed by atoms with Gasteiger partial charge < -0.3 is 5.32 Å². The highest BCUT2D eigenvalue weighted by atomic mass is 16.1. The van der Waals surface area contributed by atoms with Crippen molar-refractivity contribution >= 4 is 5.91 Å². The molecule has 106 valence electrons. The lowest BCUT2D eigenvalue weighted by molar-refractivity contribution is 0.0935. The zero-order chi connectivity index (χ0) is 14.5. The van der Waals surface area contributed by atoms with Gasteiger partial charge in [-0.05, 0) is 25.8 Å². The fourth-order valence-corrected chi connectivity index (χ4v) is 2.25. The van der Waals surface area contributed by atoms with Crippen molar-refractivity contribution in [3.8, 4) is 0 Å². The van der Waals surface area contributed by atoms with Crippen LogP contribution in [-0.2, 0) is 6.54 Å². The van der Waals surface area contributed by atoms with Gasteiger partial charge in [0.2, 0.25) is 0 Å². The van der Waals surface area contributed by atoms with Gasteiger partial charge in [-0.15, -0.1) is 0 Å². The molecule has 0 aliphatic rings. The molecule has 20 heavy (non-hydrogen) atoms. The minimum Gasteiger partial charge on any atom is -0.345 e. The Morgan fingerprint density at radius 1 is 1.30 bits per heavy atom. The lowest BCUT2D eigenvalue weighted by atomic mass is 10.0. The van der Waals surface area contributed by atoms with E-state index >= 15 is 0 Å². The Labute approximate surface area is 119 Å². The molecule has 1 N–H and O–H groups in total. The number of hydrogen-bond acceptors (Lipinski definition) is 2. The van der Waals surface area contributed by atoms with E-state index in [0.29, 0.717) is 5.56 Å². The quantitative estimate of drug-likeness (QED) is 0.908. The van der Waals surface area contributed by atoms with Crippen LogP contribution in [0, 0.1) is 6.92 Å². The molecule has 2 aromatic rings. The van der Waals surface area contributed by atoms with Crippen molar-refractivity contribution in [2.45, 2.75) is 39.8 Å². The second-order valence-corrected chi connectivity index (χ2v) is 4.83. The Kier molecular flexibility index (Phi) is 4.56. The number of hydrogen-bond donors (Lipinski definition) is 1. The summed E-state index contributed by atoms with van der Waals surface area (Å²) in [4.78, 5) is 12.4. The standard InChI is InChI=1S/C16H21N3O/c1-4-15(13-9-7-6-8-10-13)17-16(20)14-11-19(5-2)18-12(14)3/h6-11,15H,4-5H2,1-3H3,(H,17,20). The summed E-state index contributed by atoms with van der Waals surface area (Å²) in [5.41, 5.74) is 2.55. The molecule has 1 atom stereocenters. The van der Waals surface area contributed by atoms with Crippen molar-refractivity contribution in [3.05, 3.63) is 53.3 Å². The zero-order valence-electron chi connectivity index (χ0n) is 12.3. The van der Waals surface area contributed by atoms with Gasteiger partial charge in [0.15, 0.2) is 0 Å². The molecule has 0 aliphatic heterocycles. The van der Waals surface area contributed by atoms with Gasteiger partial charge in [-0.2, -0.15) is 5.10 Å². The lowest BCUT2D eigenvalue weighted by Gasteiger charge is -2.17. The molecule has 0 saturated carbocycles. The minimum atomic E-state index is -0.0575. The summed E-state index contributed by atoms with van der Waals surface area (Å²) in [6.07, 6.45) is 2.67. The number of nitrogens with zero attached hydrogens (tertiary/aromatic N) is 2. The Hall–Kier alpha value is -2.10. The zero-order valence-corrected chi connectivity index (χ0v) is 12.3. The van der Waals surface area contributed by atoms with Crippen LogP contribution in [0.1, 0.15) is 47.9 Å². The summed E-state index contributed by atoms with van der Waals surface area (Å²) < 4.78 is 1.79. The molecular weight excluding hydrogens is 250 g/mol. The van der Waals surface area contributed by atoms with E-state index < -0.39 is 0 Å². The summed E-state index contributed by atoms with van der Waals surface area (Å²) in [5.74, 6) is -0.0575. The predicted molar refractivity (Wildman–Crippen MR) is 79.6 cm³/mol. The van der Waals surface area contributed by atoms with Gasteiger partial charge in [0.25, 0.3) is 5.91 Å². The fraction of sp³-hybridized carbons (Fsp3) is 0.375. The van der Waals surface area contributed by atoms with E-state index in [9.17, 15) is 4.79 Å². The highest BCUT2D eigenvalue weighted by Gasteiger charge is 2.17. The third kappa shape index (κ3) is 3.07. The SMILES string of the molecule is CCC(NC(=O)c1cn(CC)nc1C)c1ccccc1. The summed E-state index contributed by atoms with van der Waals surface area (Å²) in [6, 6.07) is 10.1. The molecule has 1 unspecified atom stereocenters. The van der Waals surface area contributed by atoms with Crippen molar-refractivity contribution in [3.63, 3.8) is 0 Å². The molecule has 0 saturated heterocycles. The molecule has 4 nitrogen and oxygen atoms in total. The number of carbonyl (C=O) groups excluding carboxylic acids is 1. The number of rotatable bonds is 5.